The molecule has 29 heavy (non-hydrogen) atoms. The minimum Gasteiger partial charge on any atom is -0.378 e. The van der Waals surface area contributed by atoms with Gasteiger partial charge < -0.3 is 9.64 Å². The van der Waals surface area contributed by atoms with E-state index in [1.165, 1.54) is 11.8 Å². The molecule has 4 rings (SSSR count). The van der Waals surface area contributed by atoms with Crippen LogP contribution >= 0.6 is 46.3 Å². The van der Waals surface area contributed by atoms with Crippen molar-refractivity contribution in [2.24, 2.45) is 4.99 Å². The first kappa shape index (κ1) is 20.6. The standard InChI is InChI=1S/C20H17Cl2N3O2S2/c21-14-2-1-13(16(22)9-14)11-23-15-3-4-17-18(10-15)29-20(24-17)28-12-19(26)25-5-7-27-8-6-25/h1-4,9-11H,5-8,12H2. The number of aliphatic imine (C=N–C) groups is 1. The topological polar surface area (TPSA) is 54.8 Å². The van der Waals surface area contributed by atoms with E-state index in [4.69, 9.17) is 27.9 Å². The number of thioether (sulfide) groups is 1. The second-order valence-electron chi connectivity index (χ2n) is 6.34. The number of benzene rings is 2. The summed E-state index contributed by atoms with van der Waals surface area (Å²) < 4.78 is 7.20. The molecule has 150 valence electrons. The Balaban J connectivity index is 1.43. The van der Waals surface area contributed by atoms with Crippen LogP contribution in [0.5, 0.6) is 0 Å². The first-order valence-electron chi connectivity index (χ1n) is 8.96. The number of fused-ring (bicyclic) bond motifs is 1. The Labute approximate surface area is 186 Å². The molecule has 9 heteroatoms. The Morgan fingerprint density at radius 1 is 1.24 bits per heavy atom. The average molecular weight is 466 g/mol. The van der Waals surface area contributed by atoms with Crippen LogP contribution in [0.1, 0.15) is 5.56 Å². The molecule has 0 bridgehead atoms. The van der Waals surface area contributed by atoms with E-state index in [9.17, 15) is 4.79 Å². The van der Waals surface area contributed by atoms with E-state index >= 15 is 0 Å². The van der Waals surface area contributed by atoms with Gasteiger partial charge in [0.2, 0.25) is 5.91 Å². The van der Waals surface area contributed by atoms with Crippen molar-refractivity contribution in [3.05, 3.63) is 52.0 Å². The predicted octanol–water partition coefficient (Wildman–Crippen LogP) is 5.30. The maximum absolute atomic E-state index is 12.3. The first-order valence-corrected chi connectivity index (χ1v) is 11.5. The fourth-order valence-electron chi connectivity index (χ4n) is 2.81. The lowest BCUT2D eigenvalue weighted by atomic mass is 10.2. The maximum atomic E-state index is 12.3. The summed E-state index contributed by atoms with van der Waals surface area (Å²) in [6.07, 6.45) is 1.72. The minimum atomic E-state index is 0.127. The van der Waals surface area contributed by atoms with Gasteiger partial charge >= 0.3 is 0 Å². The van der Waals surface area contributed by atoms with Crippen LogP contribution in [0.2, 0.25) is 10.0 Å². The molecule has 2 heterocycles. The minimum absolute atomic E-state index is 0.127. The molecule has 3 aromatic rings. The largest absolute Gasteiger partial charge is 0.378 e. The third kappa shape index (κ3) is 5.29. The van der Waals surface area contributed by atoms with E-state index in [0.29, 0.717) is 42.1 Å². The van der Waals surface area contributed by atoms with Gasteiger partial charge in [0.15, 0.2) is 4.34 Å². The summed E-state index contributed by atoms with van der Waals surface area (Å²) in [5.41, 5.74) is 2.52. The number of hydrogen-bond donors (Lipinski definition) is 0. The Hall–Kier alpha value is -1.64. The van der Waals surface area contributed by atoms with Gasteiger partial charge in [0, 0.05) is 29.9 Å². The number of nitrogens with zero attached hydrogens (tertiary/aromatic N) is 3. The molecule has 0 unspecified atom stereocenters. The molecule has 0 saturated carbocycles. The predicted molar refractivity (Wildman–Crippen MR) is 121 cm³/mol. The van der Waals surface area contributed by atoms with Gasteiger partial charge in [-0.2, -0.15) is 0 Å². The molecule has 0 N–H and O–H groups in total. The molecular weight excluding hydrogens is 449 g/mol. The highest BCUT2D eigenvalue weighted by Gasteiger charge is 2.17. The number of thiazole rings is 1. The number of ether oxygens (including phenoxy) is 1. The van der Waals surface area contributed by atoms with E-state index in [2.05, 4.69) is 9.98 Å². The van der Waals surface area contributed by atoms with Crippen molar-refractivity contribution in [3.8, 4) is 0 Å². The average Bonchev–Trinajstić information content (AvgIpc) is 3.14. The molecule has 0 atom stereocenters. The third-order valence-corrected chi connectivity index (χ3v) is 7.06. The van der Waals surface area contributed by atoms with Crippen LogP contribution in [0.25, 0.3) is 10.2 Å². The molecular formula is C20H17Cl2N3O2S2. The summed E-state index contributed by atoms with van der Waals surface area (Å²) in [5, 5.41) is 1.15. The number of carbonyl (C=O) groups is 1. The van der Waals surface area contributed by atoms with Crippen LogP contribution in [0, 0.1) is 0 Å². The van der Waals surface area contributed by atoms with Gasteiger partial charge in [-0.05, 0) is 30.3 Å². The number of amides is 1. The van der Waals surface area contributed by atoms with E-state index in [-0.39, 0.29) is 5.91 Å². The van der Waals surface area contributed by atoms with E-state index in [0.717, 1.165) is 25.8 Å². The highest BCUT2D eigenvalue weighted by atomic mass is 35.5. The van der Waals surface area contributed by atoms with E-state index < -0.39 is 0 Å². The monoisotopic (exact) mass is 465 g/mol. The van der Waals surface area contributed by atoms with Gasteiger partial charge in [0.25, 0.3) is 0 Å². The maximum Gasteiger partial charge on any atom is 0.233 e. The molecule has 0 spiro atoms. The lowest BCUT2D eigenvalue weighted by Crippen LogP contribution is -2.41. The smallest absolute Gasteiger partial charge is 0.233 e. The molecule has 2 aromatic carbocycles. The molecule has 1 fully saturated rings. The van der Waals surface area contributed by atoms with Gasteiger partial charge in [0.05, 0.1) is 39.9 Å². The van der Waals surface area contributed by atoms with Gasteiger partial charge in [0.1, 0.15) is 0 Å². The summed E-state index contributed by atoms with van der Waals surface area (Å²) in [7, 11) is 0. The molecule has 1 aliphatic rings. The number of carbonyl (C=O) groups excluding carboxylic acids is 1. The van der Waals surface area contributed by atoms with Crippen LogP contribution in [-0.2, 0) is 9.53 Å². The number of halogens is 2. The molecule has 0 radical (unpaired) electrons. The highest BCUT2D eigenvalue weighted by Crippen LogP contribution is 2.32. The zero-order chi connectivity index (χ0) is 20.2. The van der Waals surface area contributed by atoms with Crippen LogP contribution in [0.3, 0.4) is 0 Å². The van der Waals surface area contributed by atoms with Crippen molar-refractivity contribution in [3.63, 3.8) is 0 Å². The van der Waals surface area contributed by atoms with Crippen molar-refractivity contribution >= 4 is 74.3 Å². The van der Waals surface area contributed by atoms with Crippen LogP contribution in [-0.4, -0.2) is 54.1 Å². The Kier molecular flexibility index (Phi) is 6.72. The Bertz CT molecular complexity index is 1070. The van der Waals surface area contributed by atoms with Gasteiger partial charge in [-0.15, -0.1) is 11.3 Å². The third-order valence-electron chi connectivity index (χ3n) is 4.35. The quantitative estimate of drug-likeness (QED) is 0.378. The lowest BCUT2D eigenvalue weighted by molar-refractivity contribution is -0.132. The molecule has 1 saturated heterocycles. The van der Waals surface area contributed by atoms with Crippen molar-refractivity contribution in [1.82, 2.24) is 9.88 Å². The molecule has 0 aliphatic carbocycles. The number of aromatic nitrogens is 1. The summed E-state index contributed by atoms with van der Waals surface area (Å²) in [6, 6.07) is 11.1. The normalized spacial score (nSPS) is 14.8. The van der Waals surface area contributed by atoms with Crippen LogP contribution in [0.15, 0.2) is 45.7 Å². The highest BCUT2D eigenvalue weighted by molar-refractivity contribution is 8.01. The Morgan fingerprint density at radius 3 is 2.86 bits per heavy atom. The SMILES string of the molecule is O=C(CSc1nc2ccc(N=Cc3ccc(Cl)cc3Cl)cc2s1)N1CCOCC1. The van der Waals surface area contributed by atoms with Crippen molar-refractivity contribution in [1.29, 1.82) is 0 Å². The molecule has 1 amide bonds. The van der Waals surface area contributed by atoms with E-state index in [1.54, 1.807) is 29.7 Å². The molecule has 1 aromatic heterocycles. The summed E-state index contributed by atoms with van der Waals surface area (Å²) in [5.74, 6) is 0.516. The van der Waals surface area contributed by atoms with Gasteiger partial charge in [-0.1, -0.05) is 41.0 Å². The second-order valence-corrected chi connectivity index (χ2v) is 9.43. The molecule has 5 nitrogen and oxygen atoms in total. The second kappa shape index (κ2) is 9.45. The first-order chi connectivity index (χ1) is 14.1. The van der Waals surface area contributed by atoms with Crippen LogP contribution in [0.4, 0.5) is 5.69 Å². The van der Waals surface area contributed by atoms with Crippen molar-refractivity contribution in [2.45, 2.75) is 4.34 Å². The van der Waals surface area contributed by atoms with Gasteiger partial charge in [-0.25, -0.2) is 4.98 Å². The van der Waals surface area contributed by atoms with Crippen molar-refractivity contribution < 1.29 is 9.53 Å². The number of morpholine rings is 1. The van der Waals surface area contributed by atoms with Crippen LogP contribution < -0.4 is 0 Å². The molecule has 1 aliphatic heterocycles. The van der Waals surface area contributed by atoms with E-state index in [1.807, 2.05) is 29.2 Å². The number of rotatable bonds is 5. The van der Waals surface area contributed by atoms with Crippen molar-refractivity contribution in [2.75, 3.05) is 32.1 Å². The fraction of sp³-hybridized carbons (Fsp3) is 0.250. The summed E-state index contributed by atoms with van der Waals surface area (Å²) >= 11 is 15.2. The summed E-state index contributed by atoms with van der Waals surface area (Å²) in [4.78, 5) is 23.3. The van der Waals surface area contributed by atoms with Gasteiger partial charge in [-0.3, -0.25) is 9.79 Å². The number of hydrogen-bond acceptors (Lipinski definition) is 6. The zero-order valence-corrected chi connectivity index (χ0v) is 18.5. The fourth-order valence-corrected chi connectivity index (χ4v) is 5.27. The Morgan fingerprint density at radius 2 is 2.07 bits per heavy atom. The zero-order valence-electron chi connectivity index (χ0n) is 15.3. The lowest BCUT2D eigenvalue weighted by Gasteiger charge is -2.26. The summed E-state index contributed by atoms with van der Waals surface area (Å²) in [6.45, 7) is 2.56.